The number of carbonyl (C=O) groups is 2. The Hall–Kier alpha value is -2.84. The van der Waals surface area contributed by atoms with Gasteiger partial charge in [-0.25, -0.2) is 0 Å². The summed E-state index contributed by atoms with van der Waals surface area (Å²) in [6.45, 7) is 2.04. The topological polar surface area (TPSA) is 73.8 Å². The van der Waals surface area contributed by atoms with Crippen molar-refractivity contribution in [3.63, 3.8) is 0 Å². The normalized spacial score (nSPS) is 12.0. The minimum Gasteiger partial charge on any atom is -0.465 e. The van der Waals surface area contributed by atoms with Crippen molar-refractivity contribution >= 4 is 56.2 Å². The fraction of sp³-hybridized carbons (Fsp3) is 0.190. The molecule has 0 aliphatic carbocycles. The summed E-state index contributed by atoms with van der Waals surface area (Å²) in [5, 5.41) is 0.839. The molecule has 0 fully saturated rings. The maximum atomic E-state index is 12.8. The lowest BCUT2D eigenvalue weighted by molar-refractivity contribution is -0.143. The third-order valence-electron chi connectivity index (χ3n) is 4.32. The third kappa shape index (κ3) is 3.99. The van der Waals surface area contributed by atoms with Gasteiger partial charge >= 0.3 is 11.9 Å². The Morgan fingerprint density at radius 3 is 2.79 bits per heavy atom. The average molecular weight is 427 g/mol. The number of rotatable bonds is 5. The zero-order valence-electron chi connectivity index (χ0n) is 15.9. The van der Waals surface area contributed by atoms with Crippen molar-refractivity contribution in [2.45, 2.75) is 18.4 Å². The molecule has 0 saturated heterocycles. The molecule has 6 nitrogen and oxygen atoms in total. The number of furan rings is 1. The molecule has 0 bridgehead atoms. The summed E-state index contributed by atoms with van der Waals surface area (Å²) in [7, 11) is 0. The highest BCUT2D eigenvalue weighted by atomic mass is 32.2. The van der Waals surface area contributed by atoms with E-state index in [1.807, 2.05) is 42.7 Å². The molecule has 0 aliphatic rings. The van der Waals surface area contributed by atoms with Crippen molar-refractivity contribution in [2.24, 2.45) is 4.99 Å². The van der Waals surface area contributed by atoms with Crippen molar-refractivity contribution in [1.29, 1.82) is 0 Å². The molecule has 0 saturated carbocycles. The smallest absolute Gasteiger partial charge is 0.326 e. The van der Waals surface area contributed by atoms with Gasteiger partial charge in [0.25, 0.3) is 0 Å². The molecule has 4 rings (SSSR count). The van der Waals surface area contributed by atoms with Gasteiger partial charge in [-0.2, -0.15) is 4.99 Å². The second-order valence-corrected chi connectivity index (χ2v) is 8.06. The molecule has 0 unspecified atom stereocenters. The van der Waals surface area contributed by atoms with Gasteiger partial charge in [0.15, 0.2) is 10.6 Å². The summed E-state index contributed by atoms with van der Waals surface area (Å²) in [6.07, 6.45) is 2.00. The van der Waals surface area contributed by atoms with Crippen LogP contribution in [-0.2, 0) is 16.1 Å². The number of para-hydroxylation sites is 1. The standard InChI is InChI=1S/C21H18N2O4S2/c1-3-26-19(24)12-23-15-9-8-14(28-2)11-18(15)29-21(23)22-20(25)17-10-13-6-4-5-7-16(13)27-17/h4-11H,3,12H2,1-2H3. The monoisotopic (exact) mass is 426 g/mol. The summed E-state index contributed by atoms with van der Waals surface area (Å²) in [5.74, 6) is -0.703. The Balaban J connectivity index is 1.81. The molecule has 8 heteroatoms. The second-order valence-electron chi connectivity index (χ2n) is 6.17. The quantitative estimate of drug-likeness (QED) is 0.348. The minimum atomic E-state index is -0.490. The average Bonchev–Trinajstić information content (AvgIpc) is 3.29. The van der Waals surface area contributed by atoms with E-state index in [-0.39, 0.29) is 18.3 Å². The molecule has 148 valence electrons. The first-order valence-electron chi connectivity index (χ1n) is 8.99. The molecule has 0 N–H and O–H groups in total. The van der Waals surface area contributed by atoms with Crippen molar-refractivity contribution in [1.82, 2.24) is 4.57 Å². The minimum absolute atomic E-state index is 0.0152. The number of amides is 1. The SMILES string of the molecule is CCOC(=O)Cn1c(=NC(=O)c2cc3ccccc3o2)sc2cc(SC)ccc21. The van der Waals surface area contributed by atoms with Crippen LogP contribution < -0.4 is 4.80 Å². The number of thioether (sulfide) groups is 1. The number of aromatic nitrogens is 1. The van der Waals surface area contributed by atoms with Gasteiger partial charge in [-0.1, -0.05) is 29.5 Å². The maximum Gasteiger partial charge on any atom is 0.326 e. The molecule has 0 spiro atoms. The second kappa shape index (κ2) is 8.26. The van der Waals surface area contributed by atoms with Crippen LogP contribution in [0.4, 0.5) is 0 Å². The summed E-state index contributed by atoms with van der Waals surface area (Å²) in [5.41, 5.74) is 1.46. The van der Waals surface area contributed by atoms with E-state index in [1.54, 1.807) is 35.4 Å². The van der Waals surface area contributed by atoms with Crippen LogP contribution in [0.3, 0.4) is 0 Å². The Morgan fingerprint density at radius 1 is 1.21 bits per heavy atom. The van der Waals surface area contributed by atoms with E-state index in [9.17, 15) is 9.59 Å². The Bertz CT molecular complexity index is 1250. The molecule has 2 aromatic heterocycles. The van der Waals surface area contributed by atoms with Crippen molar-refractivity contribution < 1.29 is 18.7 Å². The molecule has 1 amide bonds. The molecule has 29 heavy (non-hydrogen) atoms. The summed E-state index contributed by atoms with van der Waals surface area (Å²) in [4.78, 5) is 30.7. The number of carbonyl (C=O) groups excluding carboxylic acids is 2. The van der Waals surface area contributed by atoms with Gasteiger partial charge in [0.05, 0.1) is 16.8 Å². The van der Waals surface area contributed by atoms with Gasteiger partial charge < -0.3 is 13.7 Å². The van der Waals surface area contributed by atoms with Crippen LogP contribution in [0.1, 0.15) is 17.5 Å². The summed E-state index contributed by atoms with van der Waals surface area (Å²) >= 11 is 2.98. The van der Waals surface area contributed by atoms with Crippen LogP contribution in [0.2, 0.25) is 0 Å². The summed E-state index contributed by atoms with van der Waals surface area (Å²) < 4.78 is 13.4. The Morgan fingerprint density at radius 2 is 2.03 bits per heavy atom. The molecular formula is C21H18N2O4S2. The van der Waals surface area contributed by atoms with Gasteiger partial charge in [0, 0.05) is 10.3 Å². The molecule has 0 atom stereocenters. The van der Waals surface area contributed by atoms with Crippen molar-refractivity contribution in [2.75, 3.05) is 12.9 Å². The van der Waals surface area contributed by atoms with Crippen molar-refractivity contribution in [3.05, 3.63) is 59.1 Å². The van der Waals surface area contributed by atoms with Crippen molar-refractivity contribution in [3.8, 4) is 0 Å². The first-order valence-corrected chi connectivity index (χ1v) is 11.0. The third-order valence-corrected chi connectivity index (χ3v) is 6.08. The number of ether oxygens (including phenoxy) is 1. The molecule has 4 aromatic rings. The molecule has 0 radical (unpaired) electrons. The van der Waals surface area contributed by atoms with Gasteiger partial charge in [-0.05, 0) is 43.5 Å². The van der Waals surface area contributed by atoms with E-state index in [0.29, 0.717) is 17.0 Å². The Labute approximate surface area is 174 Å². The van der Waals surface area contributed by atoms with E-state index >= 15 is 0 Å². The zero-order valence-corrected chi connectivity index (χ0v) is 17.5. The van der Waals surface area contributed by atoms with Crippen LogP contribution in [0.15, 0.2) is 62.8 Å². The molecule has 2 aromatic carbocycles. The number of hydrogen-bond donors (Lipinski definition) is 0. The van der Waals surface area contributed by atoms with Crippen LogP contribution in [0.25, 0.3) is 21.2 Å². The molecule has 2 heterocycles. The van der Waals surface area contributed by atoms with E-state index in [2.05, 4.69) is 4.99 Å². The first kappa shape index (κ1) is 19.5. The summed E-state index contributed by atoms with van der Waals surface area (Å²) in [6, 6.07) is 15.0. The maximum absolute atomic E-state index is 12.8. The van der Waals surface area contributed by atoms with E-state index in [0.717, 1.165) is 20.5 Å². The van der Waals surface area contributed by atoms with Crippen LogP contribution >= 0.6 is 23.1 Å². The van der Waals surface area contributed by atoms with Gasteiger partial charge in [0.2, 0.25) is 0 Å². The fourth-order valence-electron chi connectivity index (χ4n) is 2.98. The zero-order chi connectivity index (χ0) is 20.4. The van der Waals surface area contributed by atoms with E-state index in [4.69, 9.17) is 9.15 Å². The number of fused-ring (bicyclic) bond motifs is 2. The highest BCUT2D eigenvalue weighted by Crippen LogP contribution is 2.24. The lowest BCUT2D eigenvalue weighted by atomic mass is 10.2. The van der Waals surface area contributed by atoms with Gasteiger partial charge in [-0.3, -0.25) is 9.59 Å². The number of benzene rings is 2. The largest absolute Gasteiger partial charge is 0.465 e. The fourth-order valence-corrected chi connectivity index (χ4v) is 4.57. The molecule has 0 aliphatic heterocycles. The highest BCUT2D eigenvalue weighted by molar-refractivity contribution is 7.98. The predicted octanol–water partition coefficient (Wildman–Crippen LogP) is 4.48. The van der Waals surface area contributed by atoms with E-state index in [1.165, 1.54) is 11.3 Å². The van der Waals surface area contributed by atoms with Crippen LogP contribution in [0, 0.1) is 0 Å². The first-order chi connectivity index (χ1) is 14.1. The molecular weight excluding hydrogens is 408 g/mol. The predicted molar refractivity (Wildman–Crippen MR) is 114 cm³/mol. The number of nitrogens with zero attached hydrogens (tertiary/aromatic N) is 2. The number of thiazole rings is 1. The van der Waals surface area contributed by atoms with Gasteiger partial charge in [-0.15, -0.1) is 11.8 Å². The lowest BCUT2D eigenvalue weighted by Gasteiger charge is -2.05. The van der Waals surface area contributed by atoms with Gasteiger partial charge in [0.1, 0.15) is 12.1 Å². The van der Waals surface area contributed by atoms with Crippen LogP contribution in [-0.4, -0.2) is 29.3 Å². The van der Waals surface area contributed by atoms with Crippen LogP contribution in [0.5, 0.6) is 0 Å². The highest BCUT2D eigenvalue weighted by Gasteiger charge is 2.15. The number of hydrogen-bond acceptors (Lipinski definition) is 6. The number of esters is 1. The lowest BCUT2D eigenvalue weighted by Crippen LogP contribution is -2.23. The van der Waals surface area contributed by atoms with E-state index < -0.39 is 5.91 Å². The Kier molecular flexibility index (Phi) is 5.55.